The molecule has 1 aromatic rings. The maximum absolute atomic E-state index is 11.6. The third kappa shape index (κ3) is 4.93. The van der Waals surface area contributed by atoms with Gasteiger partial charge in [-0.2, -0.15) is 0 Å². The van der Waals surface area contributed by atoms with Crippen LogP contribution in [0.2, 0.25) is 0 Å². The summed E-state index contributed by atoms with van der Waals surface area (Å²) in [5, 5.41) is 2.86. The monoisotopic (exact) mass is 238 g/mol. The van der Waals surface area contributed by atoms with Crippen molar-refractivity contribution in [3.8, 4) is 0 Å². The third-order valence-electron chi connectivity index (χ3n) is 2.25. The Morgan fingerprint density at radius 3 is 2.82 bits per heavy atom. The number of carbonyl (C=O) groups is 1. The number of nitrogens with zero attached hydrogens (tertiary/aromatic N) is 1. The first-order valence-corrected chi connectivity index (χ1v) is 5.46. The molecule has 17 heavy (non-hydrogen) atoms. The van der Waals surface area contributed by atoms with Crippen LogP contribution in [0.3, 0.4) is 0 Å². The Balaban J connectivity index is 2.57. The summed E-state index contributed by atoms with van der Waals surface area (Å²) < 4.78 is 9.93. The molecule has 0 aliphatic rings. The highest BCUT2D eigenvalue weighted by Crippen LogP contribution is 2.09. The summed E-state index contributed by atoms with van der Waals surface area (Å²) in [6.45, 7) is 0.809. The molecule has 0 saturated carbocycles. The number of ether oxygens (including phenoxy) is 2. The van der Waals surface area contributed by atoms with E-state index in [4.69, 9.17) is 9.47 Å². The lowest BCUT2D eigenvalue weighted by Crippen LogP contribution is -2.32. The van der Waals surface area contributed by atoms with E-state index in [0.717, 1.165) is 5.69 Å². The number of aromatic nitrogens is 1. The van der Waals surface area contributed by atoms with E-state index in [9.17, 15) is 4.79 Å². The second kappa shape index (κ2) is 7.76. The van der Waals surface area contributed by atoms with Crippen molar-refractivity contribution < 1.29 is 14.3 Å². The van der Waals surface area contributed by atoms with Gasteiger partial charge in [-0.3, -0.25) is 9.78 Å². The number of pyridine rings is 1. The SMILES string of the molecule is COCCC(=O)NC(COC)c1ccccn1. The van der Waals surface area contributed by atoms with Crippen LogP contribution in [-0.4, -0.2) is 38.3 Å². The quantitative estimate of drug-likeness (QED) is 0.767. The number of methoxy groups -OCH3 is 2. The highest BCUT2D eigenvalue weighted by molar-refractivity contribution is 5.76. The molecular weight excluding hydrogens is 220 g/mol. The minimum absolute atomic E-state index is 0.0699. The van der Waals surface area contributed by atoms with Crippen LogP contribution in [0.4, 0.5) is 0 Å². The normalized spacial score (nSPS) is 12.1. The van der Waals surface area contributed by atoms with Crippen LogP contribution >= 0.6 is 0 Å². The van der Waals surface area contributed by atoms with Crippen LogP contribution in [0.15, 0.2) is 24.4 Å². The fourth-order valence-electron chi connectivity index (χ4n) is 1.41. The van der Waals surface area contributed by atoms with Gasteiger partial charge in [0.25, 0.3) is 0 Å². The molecular formula is C12H18N2O3. The molecule has 5 heteroatoms. The molecule has 94 valence electrons. The van der Waals surface area contributed by atoms with E-state index in [1.165, 1.54) is 0 Å². The number of carbonyl (C=O) groups excluding carboxylic acids is 1. The van der Waals surface area contributed by atoms with Crippen molar-refractivity contribution >= 4 is 5.91 Å². The molecule has 0 bridgehead atoms. The average molecular weight is 238 g/mol. The first-order valence-electron chi connectivity index (χ1n) is 5.46. The van der Waals surface area contributed by atoms with Crippen molar-refractivity contribution in [3.05, 3.63) is 30.1 Å². The molecule has 1 aromatic heterocycles. The van der Waals surface area contributed by atoms with Crippen molar-refractivity contribution in [2.24, 2.45) is 0 Å². The first-order chi connectivity index (χ1) is 8.27. The molecule has 5 nitrogen and oxygen atoms in total. The van der Waals surface area contributed by atoms with E-state index in [-0.39, 0.29) is 11.9 Å². The molecule has 1 atom stereocenters. The minimum Gasteiger partial charge on any atom is -0.384 e. The maximum Gasteiger partial charge on any atom is 0.222 e. The zero-order chi connectivity index (χ0) is 12.5. The summed E-state index contributed by atoms with van der Waals surface area (Å²) in [5.74, 6) is -0.0699. The van der Waals surface area contributed by atoms with Crippen LogP contribution in [0.5, 0.6) is 0 Å². The van der Waals surface area contributed by atoms with E-state index in [1.54, 1.807) is 20.4 Å². The number of hydrogen-bond acceptors (Lipinski definition) is 4. The molecule has 0 spiro atoms. The molecule has 1 unspecified atom stereocenters. The highest BCUT2D eigenvalue weighted by Gasteiger charge is 2.14. The Morgan fingerprint density at radius 1 is 1.41 bits per heavy atom. The van der Waals surface area contributed by atoms with Gasteiger partial charge in [0, 0.05) is 26.8 Å². The van der Waals surface area contributed by atoms with Crippen molar-refractivity contribution in [3.63, 3.8) is 0 Å². The number of amides is 1. The van der Waals surface area contributed by atoms with E-state index >= 15 is 0 Å². The summed E-state index contributed by atoms with van der Waals surface area (Å²) >= 11 is 0. The van der Waals surface area contributed by atoms with Crippen molar-refractivity contribution in [2.45, 2.75) is 12.5 Å². The Labute approximate surface area is 101 Å². The van der Waals surface area contributed by atoms with Crippen LogP contribution in [0.25, 0.3) is 0 Å². The Bertz CT molecular complexity index is 330. The van der Waals surface area contributed by atoms with E-state index < -0.39 is 0 Å². The van der Waals surface area contributed by atoms with Gasteiger partial charge in [0.2, 0.25) is 5.91 Å². The van der Waals surface area contributed by atoms with Gasteiger partial charge in [-0.15, -0.1) is 0 Å². The smallest absolute Gasteiger partial charge is 0.222 e. The topological polar surface area (TPSA) is 60.5 Å². The summed E-state index contributed by atoms with van der Waals surface area (Å²) in [7, 11) is 3.16. The van der Waals surface area contributed by atoms with Crippen molar-refractivity contribution in [2.75, 3.05) is 27.4 Å². The molecule has 1 amide bonds. The fourth-order valence-corrected chi connectivity index (χ4v) is 1.41. The zero-order valence-corrected chi connectivity index (χ0v) is 10.2. The molecule has 1 rings (SSSR count). The Morgan fingerprint density at radius 2 is 2.24 bits per heavy atom. The van der Waals surface area contributed by atoms with Crippen LogP contribution in [0, 0.1) is 0 Å². The lowest BCUT2D eigenvalue weighted by molar-refractivity contribution is -0.123. The predicted molar refractivity (Wildman–Crippen MR) is 63.5 cm³/mol. The minimum atomic E-state index is -0.217. The van der Waals surface area contributed by atoms with Gasteiger partial charge in [-0.1, -0.05) is 6.07 Å². The lowest BCUT2D eigenvalue weighted by Gasteiger charge is -2.17. The number of hydrogen-bond donors (Lipinski definition) is 1. The molecule has 0 aliphatic heterocycles. The third-order valence-corrected chi connectivity index (χ3v) is 2.25. The van der Waals surface area contributed by atoms with Crippen LogP contribution in [0.1, 0.15) is 18.2 Å². The van der Waals surface area contributed by atoms with Gasteiger partial charge in [-0.25, -0.2) is 0 Å². The molecule has 0 fully saturated rings. The molecule has 0 saturated heterocycles. The summed E-state index contributed by atoms with van der Waals surface area (Å²) in [6, 6.07) is 5.36. The standard InChI is InChI=1S/C12H18N2O3/c1-16-8-6-12(15)14-11(9-17-2)10-5-3-4-7-13-10/h3-5,7,11H,6,8-9H2,1-2H3,(H,14,15). The number of nitrogens with one attached hydrogen (secondary N) is 1. The van der Waals surface area contributed by atoms with Crippen LogP contribution in [-0.2, 0) is 14.3 Å². The van der Waals surface area contributed by atoms with Crippen molar-refractivity contribution in [1.82, 2.24) is 10.3 Å². The number of rotatable bonds is 7. The van der Waals surface area contributed by atoms with E-state index in [0.29, 0.717) is 19.6 Å². The summed E-state index contributed by atoms with van der Waals surface area (Å²) in [6.07, 6.45) is 2.03. The van der Waals surface area contributed by atoms with Gasteiger partial charge >= 0.3 is 0 Å². The average Bonchev–Trinajstić information content (AvgIpc) is 2.37. The van der Waals surface area contributed by atoms with Gasteiger partial charge in [0.05, 0.1) is 24.9 Å². The van der Waals surface area contributed by atoms with Gasteiger partial charge in [0.15, 0.2) is 0 Å². The van der Waals surface area contributed by atoms with Crippen molar-refractivity contribution in [1.29, 1.82) is 0 Å². The lowest BCUT2D eigenvalue weighted by atomic mass is 10.2. The van der Waals surface area contributed by atoms with Gasteiger partial charge in [-0.05, 0) is 12.1 Å². The largest absolute Gasteiger partial charge is 0.384 e. The Kier molecular flexibility index (Phi) is 6.21. The van der Waals surface area contributed by atoms with E-state index in [1.807, 2.05) is 18.2 Å². The fraction of sp³-hybridized carbons (Fsp3) is 0.500. The molecule has 1 N–H and O–H groups in total. The maximum atomic E-state index is 11.6. The first kappa shape index (κ1) is 13.6. The van der Waals surface area contributed by atoms with Gasteiger partial charge in [0.1, 0.15) is 0 Å². The van der Waals surface area contributed by atoms with E-state index in [2.05, 4.69) is 10.3 Å². The molecule has 1 heterocycles. The second-order valence-corrected chi connectivity index (χ2v) is 3.57. The van der Waals surface area contributed by atoms with Gasteiger partial charge < -0.3 is 14.8 Å². The molecule has 0 aromatic carbocycles. The highest BCUT2D eigenvalue weighted by atomic mass is 16.5. The summed E-state index contributed by atoms with van der Waals surface area (Å²) in [5.41, 5.74) is 0.792. The molecule has 0 radical (unpaired) electrons. The molecule has 0 aliphatic carbocycles. The zero-order valence-electron chi connectivity index (χ0n) is 10.2. The Hall–Kier alpha value is -1.46. The summed E-state index contributed by atoms with van der Waals surface area (Å²) in [4.78, 5) is 15.8. The predicted octanol–water partition coefficient (Wildman–Crippen LogP) is 0.922. The van der Waals surface area contributed by atoms with Crippen LogP contribution < -0.4 is 5.32 Å². The second-order valence-electron chi connectivity index (χ2n) is 3.57.